The largest absolute Gasteiger partial charge is 0.317 e. The van der Waals surface area contributed by atoms with Crippen molar-refractivity contribution in [1.29, 1.82) is 0 Å². The van der Waals surface area contributed by atoms with Gasteiger partial charge in [0.1, 0.15) is 0 Å². The van der Waals surface area contributed by atoms with E-state index in [0.717, 1.165) is 32.0 Å². The van der Waals surface area contributed by atoms with E-state index in [9.17, 15) is 17.6 Å². The van der Waals surface area contributed by atoms with Crippen molar-refractivity contribution in [2.75, 3.05) is 13.1 Å². The smallest absolute Gasteiger partial charge is 0.263 e. The first-order chi connectivity index (χ1) is 8.58. The van der Waals surface area contributed by atoms with Gasteiger partial charge < -0.3 is 5.32 Å². The topological polar surface area (TPSA) is 12.0 Å². The minimum absolute atomic E-state index is 0.0669. The molecule has 0 spiro atoms. The molecule has 0 radical (unpaired) electrons. The van der Waals surface area contributed by atoms with Crippen molar-refractivity contribution >= 4 is 0 Å². The number of piperidine rings is 1. The fourth-order valence-electron chi connectivity index (χ4n) is 2.34. The summed E-state index contributed by atoms with van der Waals surface area (Å²) in [5.41, 5.74) is -0.380. The van der Waals surface area contributed by atoms with Crippen LogP contribution in [0.2, 0.25) is 0 Å². The predicted molar refractivity (Wildman–Crippen MR) is 60.6 cm³/mol. The minimum atomic E-state index is -2.77. The molecule has 1 nitrogen and oxygen atoms in total. The fraction of sp³-hybridized carbons (Fsp3) is 0.538. The molecule has 0 unspecified atom stereocenters. The number of benzene rings is 1. The Morgan fingerprint density at radius 1 is 1.17 bits per heavy atom. The van der Waals surface area contributed by atoms with Crippen LogP contribution in [0.25, 0.3) is 0 Å². The van der Waals surface area contributed by atoms with Crippen molar-refractivity contribution < 1.29 is 17.6 Å². The summed E-state index contributed by atoms with van der Waals surface area (Å²) in [5.74, 6) is -1.94. The molecule has 0 saturated carbocycles. The van der Waals surface area contributed by atoms with Crippen molar-refractivity contribution in [1.82, 2.24) is 5.32 Å². The van der Waals surface area contributed by atoms with E-state index < -0.39 is 23.6 Å². The van der Waals surface area contributed by atoms with Crippen LogP contribution in [0.1, 0.15) is 30.4 Å². The maximum atomic E-state index is 13.6. The molecule has 1 N–H and O–H groups in total. The van der Waals surface area contributed by atoms with Gasteiger partial charge in [0, 0.05) is 5.56 Å². The summed E-state index contributed by atoms with van der Waals surface area (Å²) in [5, 5.41) is 3.17. The van der Waals surface area contributed by atoms with Gasteiger partial charge in [-0.15, -0.1) is 0 Å². The Bertz CT molecular complexity index is 414. The highest BCUT2D eigenvalue weighted by molar-refractivity contribution is 5.27. The van der Waals surface area contributed by atoms with E-state index in [4.69, 9.17) is 0 Å². The molecule has 0 aromatic heterocycles. The lowest BCUT2D eigenvalue weighted by atomic mass is 9.90. The molecule has 5 heteroatoms. The van der Waals surface area contributed by atoms with E-state index in [0.29, 0.717) is 12.5 Å². The van der Waals surface area contributed by atoms with E-state index in [1.165, 1.54) is 0 Å². The van der Waals surface area contributed by atoms with E-state index in [1.807, 2.05) is 0 Å². The Morgan fingerprint density at radius 2 is 1.83 bits per heavy atom. The number of hydrogen-bond donors (Lipinski definition) is 1. The predicted octanol–water partition coefficient (Wildman–Crippen LogP) is 3.44. The van der Waals surface area contributed by atoms with Crippen molar-refractivity contribution in [3.8, 4) is 0 Å². The van der Waals surface area contributed by atoms with Gasteiger partial charge in [0.25, 0.3) is 6.43 Å². The van der Waals surface area contributed by atoms with Gasteiger partial charge in [0.15, 0.2) is 11.6 Å². The zero-order valence-corrected chi connectivity index (χ0v) is 9.86. The zero-order chi connectivity index (χ0) is 13.1. The quantitative estimate of drug-likeness (QED) is 0.822. The summed E-state index contributed by atoms with van der Waals surface area (Å²) in [6, 6.07) is 1.66. The molecular formula is C13H15F4N. The van der Waals surface area contributed by atoms with Crippen molar-refractivity contribution in [3.05, 3.63) is 34.9 Å². The standard InChI is InChI=1S/C13H15F4N/c14-11-7-10(13(16)17)6-9(12(11)15)5-8-1-3-18-4-2-8/h6-8,13,18H,1-5H2. The Kier molecular flexibility index (Phi) is 4.22. The third-order valence-electron chi connectivity index (χ3n) is 3.35. The first-order valence-electron chi connectivity index (χ1n) is 6.04. The summed E-state index contributed by atoms with van der Waals surface area (Å²) in [4.78, 5) is 0. The first kappa shape index (κ1) is 13.3. The second-order valence-corrected chi connectivity index (χ2v) is 4.67. The lowest BCUT2D eigenvalue weighted by Gasteiger charge is -2.23. The van der Waals surface area contributed by atoms with Crippen molar-refractivity contribution in [3.63, 3.8) is 0 Å². The summed E-state index contributed by atoms with van der Waals surface area (Å²) in [6.07, 6.45) is -0.725. The number of rotatable bonds is 3. The molecule has 1 aromatic carbocycles. The highest BCUT2D eigenvalue weighted by Gasteiger charge is 2.20. The van der Waals surface area contributed by atoms with Crippen LogP contribution in [0.15, 0.2) is 12.1 Å². The van der Waals surface area contributed by atoms with Crippen LogP contribution >= 0.6 is 0 Å². The second kappa shape index (κ2) is 5.69. The molecule has 100 valence electrons. The number of halogens is 4. The fourth-order valence-corrected chi connectivity index (χ4v) is 2.34. The van der Waals surface area contributed by atoms with Gasteiger partial charge in [-0.1, -0.05) is 0 Å². The lowest BCUT2D eigenvalue weighted by molar-refractivity contribution is 0.150. The van der Waals surface area contributed by atoms with Gasteiger partial charge in [0.05, 0.1) is 0 Å². The highest BCUT2D eigenvalue weighted by Crippen LogP contribution is 2.27. The number of nitrogens with one attached hydrogen (secondary N) is 1. The molecule has 1 saturated heterocycles. The maximum absolute atomic E-state index is 13.6. The van der Waals surface area contributed by atoms with Crippen LogP contribution in [-0.2, 0) is 6.42 Å². The van der Waals surface area contributed by atoms with Crippen molar-refractivity contribution in [2.24, 2.45) is 5.92 Å². The molecular weight excluding hydrogens is 246 g/mol. The SMILES string of the molecule is Fc1cc(C(F)F)cc(CC2CCNCC2)c1F. The highest BCUT2D eigenvalue weighted by atomic mass is 19.3. The van der Waals surface area contributed by atoms with Crippen molar-refractivity contribution in [2.45, 2.75) is 25.7 Å². The third kappa shape index (κ3) is 3.02. The van der Waals surface area contributed by atoms with E-state index in [1.54, 1.807) is 0 Å². The Morgan fingerprint density at radius 3 is 2.44 bits per heavy atom. The average Bonchev–Trinajstić information content (AvgIpc) is 2.35. The normalized spacial score (nSPS) is 17.4. The molecule has 1 aliphatic rings. The minimum Gasteiger partial charge on any atom is -0.317 e. The third-order valence-corrected chi connectivity index (χ3v) is 3.35. The second-order valence-electron chi connectivity index (χ2n) is 4.67. The Labute approximate surface area is 103 Å². The maximum Gasteiger partial charge on any atom is 0.263 e. The summed E-state index contributed by atoms with van der Waals surface area (Å²) in [6.45, 7) is 1.67. The summed E-state index contributed by atoms with van der Waals surface area (Å²) < 4.78 is 51.9. The van der Waals surface area contributed by atoms with E-state index in [-0.39, 0.29) is 11.5 Å². The Hall–Kier alpha value is -1.10. The molecule has 0 atom stereocenters. The molecule has 0 bridgehead atoms. The van der Waals surface area contributed by atoms with E-state index >= 15 is 0 Å². The van der Waals surface area contributed by atoms with Crippen LogP contribution in [0.5, 0.6) is 0 Å². The number of alkyl halides is 2. The molecule has 0 amide bonds. The molecule has 0 aliphatic carbocycles. The molecule has 1 aromatic rings. The molecule has 1 heterocycles. The zero-order valence-electron chi connectivity index (χ0n) is 9.86. The molecule has 1 aliphatic heterocycles. The van der Waals surface area contributed by atoms with Crippen LogP contribution in [-0.4, -0.2) is 13.1 Å². The molecule has 18 heavy (non-hydrogen) atoms. The molecule has 2 rings (SSSR count). The van der Waals surface area contributed by atoms with Gasteiger partial charge in [-0.25, -0.2) is 17.6 Å². The van der Waals surface area contributed by atoms with Crippen LogP contribution < -0.4 is 5.32 Å². The van der Waals surface area contributed by atoms with Crippen LogP contribution in [0, 0.1) is 17.6 Å². The first-order valence-corrected chi connectivity index (χ1v) is 6.04. The monoisotopic (exact) mass is 261 g/mol. The van der Waals surface area contributed by atoms with Gasteiger partial charge >= 0.3 is 0 Å². The molecule has 1 fully saturated rings. The van der Waals surface area contributed by atoms with E-state index in [2.05, 4.69) is 5.32 Å². The van der Waals surface area contributed by atoms with Gasteiger partial charge in [-0.2, -0.15) is 0 Å². The average molecular weight is 261 g/mol. The lowest BCUT2D eigenvalue weighted by Crippen LogP contribution is -2.28. The van der Waals surface area contributed by atoms with Crippen LogP contribution in [0.3, 0.4) is 0 Å². The summed E-state index contributed by atoms with van der Waals surface area (Å²) >= 11 is 0. The van der Waals surface area contributed by atoms with Gasteiger partial charge in [0.2, 0.25) is 0 Å². The van der Waals surface area contributed by atoms with Crippen LogP contribution in [0.4, 0.5) is 17.6 Å². The Balaban J connectivity index is 2.19. The van der Waals surface area contributed by atoms with Gasteiger partial charge in [-0.3, -0.25) is 0 Å². The summed E-state index contributed by atoms with van der Waals surface area (Å²) in [7, 11) is 0. The van der Waals surface area contributed by atoms with Gasteiger partial charge in [-0.05, 0) is 56.0 Å². The number of hydrogen-bond acceptors (Lipinski definition) is 1.